The normalized spacial score (nSPS) is 18.5. The lowest BCUT2D eigenvalue weighted by molar-refractivity contribution is 0.367. The zero-order chi connectivity index (χ0) is 16.0. The Labute approximate surface area is 134 Å². The van der Waals surface area contributed by atoms with Gasteiger partial charge in [-0.15, -0.1) is 0 Å². The molecule has 1 heteroatoms. The molecule has 118 valence electrons. The Bertz CT molecular complexity index is 641. The molecule has 1 aromatic carbocycles. The summed E-state index contributed by atoms with van der Waals surface area (Å²) in [6.07, 6.45) is 7.35. The molecule has 0 bridgehead atoms. The fraction of sp³-hybridized carbons (Fsp3) is 0.524. The van der Waals surface area contributed by atoms with Crippen molar-refractivity contribution >= 4 is 0 Å². The second-order valence-electron chi connectivity index (χ2n) is 8.61. The lowest BCUT2D eigenvalue weighted by Gasteiger charge is -2.26. The van der Waals surface area contributed by atoms with Crippen LogP contribution in [0, 0.1) is 5.92 Å². The Balaban J connectivity index is 1.75. The van der Waals surface area contributed by atoms with Crippen LogP contribution < -0.4 is 0 Å². The Hall–Kier alpha value is -1.50. The molecule has 0 N–H and O–H groups in total. The van der Waals surface area contributed by atoms with Crippen LogP contribution in [0.25, 0.3) is 0 Å². The lowest BCUT2D eigenvalue weighted by atomic mass is 9.77. The second kappa shape index (κ2) is 5.30. The number of fused-ring (bicyclic) bond motifs is 1. The van der Waals surface area contributed by atoms with Crippen molar-refractivity contribution < 1.29 is 4.42 Å². The van der Waals surface area contributed by atoms with Crippen molar-refractivity contribution in [2.75, 3.05) is 0 Å². The van der Waals surface area contributed by atoms with E-state index in [0.29, 0.717) is 0 Å². The summed E-state index contributed by atoms with van der Waals surface area (Å²) in [5, 5.41) is 0. The standard InChI is InChI=1S/C21H28O/c1-20(2,3)18-7-6-16-10-15(11-17(16)12-18)13-21(4,5)19-8-9-22-14-19/h6-9,12,14-15H,10-11,13H2,1-5H3. The zero-order valence-corrected chi connectivity index (χ0v) is 14.6. The van der Waals surface area contributed by atoms with Crippen molar-refractivity contribution in [3.63, 3.8) is 0 Å². The zero-order valence-electron chi connectivity index (χ0n) is 14.6. The fourth-order valence-electron chi connectivity index (χ4n) is 3.81. The molecule has 3 rings (SSSR count). The molecule has 2 aromatic rings. The van der Waals surface area contributed by atoms with Crippen LogP contribution >= 0.6 is 0 Å². The van der Waals surface area contributed by atoms with E-state index in [0.717, 1.165) is 5.92 Å². The van der Waals surface area contributed by atoms with Gasteiger partial charge in [-0.25, -0.2) is 0 Å². The summed E-state index contributed by atoms with van der Waals surface area (Å²) in [7, 11) is 0. The maximum atomic E-state index is 5.28. The maximum absolute atomic E-state index is 5.28. The van der Waals surface area contributed by atoms with Gasteiger partial charge < -0.3 is 4.42 Å². The lowest BCUT2D eigenvalue weighted by Crippen LogP contribution is -2.21. The third kappa shape index (κ3) is 2.99. The summed E-state index contributed by atoms with van der Waals surface area (Å²) in [6.45, 7) is 11.6. The molecular weight excluding hydrogens is 268 g/mol. The van der Waals surface area contributed by atoms with Crippen LogP contribution in [0.5, 0.6) is 0 Å². The molecule has 1 aliphatic rings. The number of hydrogen-bond donors (Lipinski definition) is 0. The van der Waals surface area contributed by atoms with Gasteiger partial charge in [-0.05, 0) is 64.3 Å². The largest absolute Gasteiger partial charge is 0.472 e. The van der Waals surface area contributed by atoms with E-state index in [9.17, 15) is 0 Å². The van der Waals surface area contributed by atoms with Gasteiger partial charge in [-0.2, -0.15) is 0 Å². The quantitative estimate of drug-likeness (QED) is 0.712. The summed E-state index contributed by atoms with van der Waals surface area (Å²) in [4.78, 5) is 0. The molecule has 0 aliphatic heterocycles. The monoisotopic (exact) mass is 296 g/mol. The Kier molecular flexibility index (Phi) is 3.71. The van der Waals surface area contributed by atoms with E-state index in [1.165, 1.54) is 30.4 Å². The summed E-state index contributed by atoms with van der Waals surface area (Å²) >= 11 is 0. The molecule has 0 amide bonds. The summed E-state index contributed by atoms with van der Waals surface area (Å²) in [6, 6.07) is 9.24. The van der Waals surface area contributed by atoms with Gasteiger partial charge in [0.1, 0.15) is 0 Å². The molecule has 1 aliphatic carbocycles. The van der Waals surface area contributed by atoms with E-state index in [1.54, 1.807) is 17.4 Å². The van der Waals surface area contributed by atoms with Crippen LogP contribution in [-0.2, 0) is 23.7 Å². The molecule has 1 atom stereocenters. The van der Waals surface area contributed by atoms with Gasteiger partial charge in [-0.3, -0.25) is 0 Å². The van der Waals surface area contributed by atoms with Gasteiger partial charge in [0.2, 0.25) is 0 Å². The van der Waals surface area contributed by atoms with Gasteiger partial charge in [0.25, 0.3) is 0 Å². The van der Waals surface area contributed by atoms with Crippen LogP contribution in [0.15, 0.2) is 41.2 Å². The average Bonchev–Trinajstić information content (AvgIpc) is 3.05. The number of benzene rings is 1. The third-order valence-electron chi connectivity index (χ3n) is 5.19. The highest BCUT2D eigenvalue weighted by Gasteiger charge is 2.30. The van der Waals surface area contributed by atoms with Crippen molar-refractivity contribution in [1.82, 2.24) is 0 Å². The third-order valence-corrected chi connectivity index (χ3v) is 5.19. The van der Waals surface area contributed by atoms with Crippen LogP contribution in [0.2, 0.25) is 0 Å². The van der Waals surface area contributed by atoms with E-state index < -0.39 is 0 Å². The highest BCUT2D eigenvalue weighted by Crippen LogP contribution is 2.38. The van der Waals surface area contributed by atoms with Crippen molar-refractivity contribution in [3.8, 4) is 0 Å². The first kappa shape index (κ1) is 15.4. The van der Waals surface area contributed by atoms with Gasteiger partial charge in [0.15, 0.2) is 0 Å². The number of rotatable bonds is 3. The molecule has 1 heterocycles. The minimum Gasteiger partial charge on any atom is -0.472 e. The van der Waals surface area contributed by atoms with Crippen LogP contribution in [-0.4, -0.2) is 0 Å². The van der Waals surface area contributed by atoms with Crippen molar-refractivity contribution in [2.45, 2.75) is 64.7 Å². The minimum atomic E-state index is 0.187. The van der Waals surface area contributed by atoms with Crippen molar-refractivity contribution in [1.29, 1.82) is 0 Å². The van der Waals surface area contributed by atoms with Crippen molar-refractivity contribution in [3.05, 3.63) is 59.0 Å². The van der Waals surface area contributed by atoms with E-state index in [2.05, 4.69) is 58.9 Å². The Morgan fingerprint density at radius 1 is 0.955 bits per heavy atom. The Morgan fingerprint density at radius 3 is 2.32 bits per heavy atom. The van der Waals surface area contributed by atoms with E-state index >= 15 is 0 Å². The average molecular weight is 296 g/mol. The van der Waals surface area contributed by atoms with Crippen LogP contribution in [0.1, 0.15) is 63.3 Å². The predicted molar refractivity (Wildman–Crippen MR) is 92.4 cm³/mol. The van der Waals surface area contributed by atoms with Gasteiger partial charge in [-0.1, -0.05) is 52.8 Å². The van der Waals surface area contributed by atoms with Gasteiger partial charge in [0.05, 0.1) is 12.5 Å². The first-order valence-electron chi connectivity index (χ1n) is 8.41. The molecular formula is C21H28O. The first-order valence-corrected chi connectivity index (χ1v) is 8.41. The molecule has 0 radical (unpaired) electrons. The maximum Gasteiger partial charge on any atom is 0.0939 e. The van der Waals surface area contributed by atoms with Gasteiger partial charge >= 0.3 is 0 Å². The SMILES string of the molecule is CC(C)(C)c1ccc2c(c1)CC(CC(C)(C)c1ccoc1)C2. The van der Waals surface area contributed by atoms with Crippen LogP contribution in [0.4, 0.5) is 0 Å². The van der Waals surface area contributed by atoms with Crippen LogP contribution in [0.3, 0.4) is 0 Å². The second-order valence-corrected chi connectivity index (χ2v) is 8.61. The molecule has 1 aromatic heterocycles. The Morgan fingerprint density at radius 2 is 1.68 bits per heavy atom. The highest BCUT2D eigenvalue weighted by atomic mass is 16.3. The molecule has 0 saturated heterocycles. The number of furan rings is 1. The van der Waals surface area contributed by atoms with Gasteiger partial charge in [0, 0.05) is 0 Å². The molecule has 0 saturated carbocycles. The topological polar surface area (TPSA) is 13.1 Å². The molecule has 1 unspecified atom stereocenters. The smallest absolute Gasteiger partial charge is 0.0939 e. The molecule has 1 nitrogen and oxygen atoms in total. The summed E-state index contributed by atoms with van der Waals surface area (Å²) in [5.41, 5.74) is 6.33. The highest BCUT2D eigenvalue weighted by molar-refractivity contribution is 5.39. The fourth-order valence-corrected chi connectivity index (χ4v) is 3.81. The van der Waals surface area contributed by atoms with E-state index in [4.69, 9.17) is 4.42 Å². The minimum absolute atomic E-state index is 0.187. The van der Waals surface area contributed by atoms with Crippen molar-refractivity contribution in [2.24, 2.45) is 5.92 Å². The molecule has 22 heavy (non-hydrogen) atoms. The number of hydrogen-bond acceptors (Lipinski definition) is 1. The molecule has 0 spiro atoms. The predicted octanol–water partition coefficient (Wildman–Crippen LogP) is 5.66. The first-order chi connectivity index (χ1) is 10.3. The van der Waals surface area contributed by atoms with E-state index in [-0.39, 0.29) is 10.8 Å². The molecule has 0 fully saturated rings. The summed E-state index contributed by atoms with van der Waals surface area (Å²) in [5.74, 6) is 0.745. The van der Waals surface area contributed by atoms with E-state index in [1.807, 2.05) is 6.26 Å². The summed E-state index contributed by atoms with van der Waals surface area (Å²) < 4.78 is 5.28.